The molecule has 0 aliphatic carbocycles. The number of aromatic nitrogens is 3. The van der Waals surface area contributed by atoms with Crippen LogP contribution in [0.3, 0.4) is 0 Å². The highest BCUT2D eigenvalue weighted by Gasteiger charge is 2.10. The van der Waals surface area contributed by atoms with Gasteiger partial charge in [0.25, 0.3) is 5.56 Å². The predicted octanol–water partition coefficient (Wildman–Crippen LogP) is 2.47. The third kappa shape index (κ3) is 5.98. The Morgan fingerprint density at radius 2 is 1.96 bits per heavy atom. The summed E-state index contributed by atoms with van der Waals surface area (Å²) in [5, 5.41) is 10.8. The first-order valence-electron chi connectivity index (χ1n) is 8.98. The largest absolute Gasteiger partial charge is 0.494 e. The van der Waals surface area contributed by atoms with Crippen LogP contribution in [0.25, 0.3) is 11.4 Å². The normalized spacial score (nSPS) is 10.8. The zero-order valence-electron chi connectivity index (χ0n) is 15.5. The minimum absolute atomic E-state index is 0.0724. The average molecular weight is 358 g/mol. The highest BCUT2D eigenvalue weighted by molar-refractivity contribution is 5.76. The van der Waals surface area contributed by atoms with Gasteiger partial charge in [0.05, 0.1) is 6.61 Å². The number of rotatable bonds is 9. The van der Waals surface area contributed by atoms with Gasteiger partial charge in [-0.15, -0.1) is 10.2 Å². The van der Waals surface area contributed by atoms with Crippen molar-refractivity contribution in [2.45, 2.75) is 52.5 Å². The number of carbonyl (C=O) groups is 1. The molecule has 0 radical (unpaired) electrons. The zero-order valence-corrected chi connectivity index (χ0v) is 15.5. The number of aryl methyl sites for hydroxylation is 1. The second kappa shape index (κ2) is 9.70. The van der Waals surface area contributed by atoms with Crippen LogP contribution in [0.2, 0.25) is 0 Å². The molecule has 1 heterocycles. The Labute approximate surface area is 153 Å². The van der Waals surface area contributed by atoms with E-state index in [2.05, 4.69) is 27.4 Å². The van der Waals surface area contributed by atoms with Crippen molar-refractivity contribution in [1.29, 1.82) is 0 Å². The molecule has 2 rings (SSSR count). The minimum atomic E-state index is -0.324. The SMILES string of the molecule is CCCCOc1ccc(-c2nnc(CCC(=O)NC(C)C)c(=O)[nH]2)cc1. The van der Waals surface area contributed by atoms with Crippen molar-refractivity contribution < 1.29 is 9.53 Å². The summed E-state index contributed by atoms with van der Waals surface area (Å²) in [6.07, 6.45) is 2.56. The molecule has 0 saturated heterocycles. The third-order valence-electron chi connectivity index (χ3n) is 3.70. The van der Waals surface area contributed by atoms with Crippen molar-refractivity contribution in [3.63, 3.8) is 0 Å². The maximum absolute atomic E-state index is 12.2. The van der Waals surface area contributed by atoms with Crippen LogP contribution in [0.4, 0.5) is 0 Å². The summed E-state index contributed by atoms with van der Waals surface area (Å²) < 4.78 is 5.62. The molecule has 0 atom stereocenters. The molecule has 0 aliphatic rings. The van der Waals surface area contributed by atoms with Gasteiger partial charge in [0.15, 0.2) is 5.82 Å². The number of hydrogen-bond donors (Lipinski definition) is 2. The molecule has 0 fully saturated rings. The zero-order chi connectivity index (χ0) is 18.9. The van der Waals surface area contributed by atoms with Gasteiger partial charge in [-0.05, 0) is 44.5 Å². The van der Waals surface area contributed by atoms with Crippen molar-refractivity contribution in [3.8, 4) is 17.1 Å². The van der Waals surface area contributed by atoms with E-state index in [1.807, 2.05) is 38.1 Å². The van der Waals surface area contributed by atoms with E-state index in [-0.39, 0.29) is 36.0 Å². The maximum atomic E-state index is 12.2. The number of H-pyrrole nitrogens is 1. The van der Waals surface area contributed by atoms with E-state index in [0.29, 0.717) is 12.4 Å². The molecule has 1 aromatic carbocycles. The summed E-state index contributed by atoms with van der Waals surface area (Å²) in [5.74, 6) is 1.07. The number of carbonyl (C=O) groups excluding carboxylic acids is 1. The van der Waals surface area contributed by atoms with Gasteiger partial charge in [0, 0.05) is 24.4 Å². The summed E-state index contributed by atoms with van der Waals surface area (Å²) >= 11 is 0. The molecule has 1 amide bonds. The van der Waals surface area contributed by atoms with Crippen molar-refractivity contribution in [2.75, 3.05) is 6.61 Å². The number of unbranched alkanes of at least 4 members (excludes halogenated alkanes) is 1. The van der Waals surface area contributed by atoms with Crippen LogP contribution < -0.4 is 15.6 Å². The van der Waals surface area contributed by atoms with Crippen LogP contribution >= 0.6 is 0 Å². The summed E-state index contributed by atoms with van der Waals surface area (Å²) in [5.41, 5.74) is 0.685. The second-order valence-corrected chi connectivity index (χ2v) is 6.40. The first kappa shape index (κ1) is 19.6. The Hall–Kier alpha value is -2.70. The molecule has 0 saturated carbocycles. The lowest BCUT2D eigenvalue weighted by Gasteiger charge is -2.08. The molecular formula is C19H26N4O3. The molecule has 1 aromatic heterocycles. The van der Waals surface area contributed by atoms with Crippen LogP contribution in [0, 0.1) is 0 Å². The van der Waals surface area contributed by atoms with Crippen LogP contribution in [0.1, 0.15) is 45.7 Å². The molecule has 0 bridgehead atoms. The second-order valence-electron chi connectivity index (χ2n) is 6.40. The summed E-state index contributed by atoms with van der Waals surface area (Å²) in [7, 11) is 0. The Morgan fingerprint density at radius 1 is 1.23 bits per heavy atom. The van der Waals surface area contributed by atoms with Crippen molar-refractivity contribution in [1.82, 2.24) is 20.5 Å². The topological polar surface area (TPSA) is 97.0 Å². The van der Waals surface area contributed by atoms with E-state index in [1.54, 1.807) is 0 Å². The average Bonchev–Trinajstić information content (AvgIpc) is 2.61. The van der Waals surface area contributed by atoms with Gasteiger partial charge < -0.3 is 15.0 Å². The number of ether oxygens (including phenoxy) is 1. The lowest BCUT2D eigenvalue weighted by molar-refractivity contribution is -0.121. The third-order valence-corrected chi connectivity index (χ3v) is 3.70. The predicted molar refractivity (Wildman–Crippen MR) is 100 cm³/mol. The lowest BCUT2D eigenvalue weighted by Crippen LogP contribution is -2.31. The van der Waals surface area contributed by atoms with Gasteiger partial charge in [0.1, 0.15) is 11.4 Å². The Bertz CT molecular complexity index is 769. The van der Waals surface area contributed by atoms with Gasteiger partial charge in [-0.25, -0.2) is 0 Å². The van der Waals surface area contributed by atoms with Crippen LogP contribution in [-0.2, 0) is 11.2 Å². The fourth-order valence-electron chi connectivity index (χ4n) is 2.32. The fraction of sp³-hybridized carbons (Fsp3) is 0.474. The molecule has 7 nitrogen and oxygen atoms in total. The van der Waals surface area contributed by atoms with Crippen molar-refractivity contribution in [2.24, 2.45) is 0 Å². The van der Waals surface area contributed by atoms with Crippen molar-refractivity contribution in [3.05, 3.63) is 40.3 Å². The molecule has 0 unspecified atom stereocenters. The molecular weight excluding hydrogens is 332 g/mol. The first-order chi connectivity index (χ1) is 12.5. The Kier molecular flexibility index (Phi) is 7.32. The van der Waals surface area contributed by atoms with E-state index in [1.165, 1.54) is 0 Å². The van der Waals surface area contributed by atoms with E-state index in [0.717, 1.165) is 24.2 Å². The number of aromatic amines is 1. The maximum Gasteiger partial charge on any atom is 0.273 e. The molecule has 7 heteroatoms. The van der Waals surface area contributed by atoms with Gasteiger partial charge in [-0.3, -0.25) is 9.59 Å². The van der Waals surface area contributed by atoms with Gasteiger partial charge in [0.2, 0.25) is 5.91 Å². The number of nitrogens with one attached hydrogen (secondary N) is 2. The van der Waals surface area contributed by atoms with Crippen molar-refractivity contribution >= 4 is 5.91 Å². The highest BCUT2D eigenvalue weighted by atomic mass is 16.5. The lowest BCUT2D eigenvalue weighted by atomic mass is 10.2. The summed E-state index contributed by atoms with van der Waals surface area (Å²) in [6, 6.07) is 7.42. The van der Waals surface area contributed by atoms with E-state index < -0.39 is 0 Å². The molecule has 26 heavy (non-hydrogen) atoms. The molecule has 2 aromatic rings. The monoisotopic (exact) mass is 358 g/mol. The van der Waals surface area contributed by atoms with E-state index in [9.17, 15) is 9.59 Å². The van der Waals surface area contributed by atoms with Gasteiger partial charge in [-0.1, -0.05) is 13.3 Å². The smallest absolute Gasteiger partial charge is 0.273 e. The van der Waals surface area contributed by atoms with Gasteiger partial charge >= 0.3 is 0 Å². The Balaban J connectivity index is 2.00. The number of nitrogens with zero attached hydrogens (tertiary/aromatic N) is 2. The number of benzene rings is 1. The van der Waals surface area contributed by atoms with Crippen LogP contribution in [-0.4, -0.2) is 33.7 Å². The standard InChI is InChI=1S/C19H26N4O3/c1-4-5-12-26-15-8-6-14(7-9-15)18-21-19(25)16(22-23-18)10-11-17(24)20-13(2)3/h6-9,13H,4-5,10-12H2,1-3H3,(H,20,24)(H,21,23,25). The minimum Gasteiger partial charge on any atom is -0.494 e. The highest BCUT2D eigenvalue weighted by Crippen LogP contribution is 2.18. The fourth-order valence-corrected chi connectivity index (χ4v) is 2.32. The number of amides is 1. The molecule has 2 N–H and O–H groups in total. The summed E-state index contributed by atoms with van der Waals surface area (Å²) in [4.78, 5) is 26.6. The van der Waals surface area contributed by atoms with Gasteiger partial charge in [-0.2, -0.15) is 0 Å². The van der Waals surface area contributed by atoms with Crippen LogP contribution in [0.5, 0.6) is 5.75 Å². The van der Waals surface area contributed by atoms with E-state index in [4.69, 9.17) is 4.74 Å². The quantitative estimate of drug-likeness (QED) is 0.671. The molecule has 0 aliphatic heterocycles. The summed E-state index contributed by atoms with van der Waals surface area (Å²) in [6.45, 7) is 6.58. The first-order valence-corrected chi connectivity index (χ1v) is 8.98. The molecule has 140 valence electrons. The van der Waals surface area contributed by atoms with E-state index >= 15 is 0 Å². The molecule has 0 spiro atoms. The Morgan fingerprint density at radius 3 is 2.58 bits per heavy atom. The van der Waals surface area contributed by atoms with Crippen LogP contribution in [0.15, 0.2) is 29.1 Å². The number of hydrogen-bond acceptors (Lipinski definition) is 5.